The van der Waals surface area contributed by atoms with E-state index in [9.17, 15) is 5.11 Å². The lowest BCUT2D eigenvalue weighted by Gasteiger charge is -2.39. The van der Waals surface area contributed by atoms with E-state index < -0.39 is 11.5 Å². The number of benzene rings is 3. The Morgan fingerprint density at radius 1 is 0.973 bits per heavy atom. The molecule has 2 aromatic heterocycles. The summed E-state index contributed by atoms with van der Waals surface area (Å²) in [5, 5.41) is 17.1. The Balaban J connectivity index is 1.81. The fourth-order valence-electron chi connectivity index (χ4n) is 5.14. The van der Waals surface area contributed by atoms with E-state index >= 15 is 0 Å². The molecule has 3 aromatic carbocycles. The van der Waals surface area contributed by atoms with Crippen LogP contribution in [0.5, 0.6) is 5.88 Å². The molecule has 2 unspecified atom stereocenters. The van der Waals surface area contributed by atoms with Gasteiger partial charge in [0.25, 0.3) is 0 Å². The summed E-state index contributed by atoms with van der Waals surface area (Å²) in [5.41, 5.74) is 3.20. The molecule has 0 radical (unpaired) electrons. The minimum atomic E-state index is -1.26. The summed E-state index contributed by atoms with van der Waals surface area (Å²) in [5.74, 6) is 0.0526. The lowest BCUT2D eigenvalue weighted by Crippen LogP contribution is -2.38. The summed E-state index contributed by atoms with van der Waals surface area (Å²) in [6.07, 6.45) is 2.30. The predicted molar refractivity (Wildman–Crippen MR) is 151 cm³/mol. The van der Waals surface area contributed by atoms with Crippen LogP contribution in [0.25, 0.3) is 22.0 Å². The number of rotatable bonds is 9. The van der Waals surface area contributed by atoms with Gasteiger partial charge in [-0.05, 0) is 66.1 Å². The Bertz CT molecular complexity index is 1470. The zero-order chi connectivity index (χ0) is 25.8. The minimum absolute atomic E-state index is 0.444. The van der Waals surface area contributed by atoms with Gasteiger partial charge in [0.15, 0.2) is 0 Å². The van der Waals surface area contributed by atoms with Crippen molar-refractivity contribution in [3.63, 3.8) is 0 Å². The fraction of sp³-hybridized carbons (Fsp3) is 0.226. The van der Waals surface area contributed by atoms with E-state index in [2.05, 4.69) is 56.7 Å². The van der Waals surface area contributed by atoms with Crippen LogP contribution in [0.1, 0.15) is 29.0 Å². The van der Waals surface area contributed by atoms with E-state index in [0.717, 1.165) is 38.7 Å². The van der Waals surface area contributed by atoms with E-state index in [1.165, 1.54) is 11.5 Å². The van der Waals surface area contributed by atoms with Crippen LogP contribution in [-0.2, 0) is 5.60 Å². The normalized spacial score (nSPS) is 14.0. The maximum atomic E-state index is 13.0. The van der Waals surface area contributed by atoms with Gasteiger partial charge in [-0.3, -0.25) is 0 Å². The number of aliphatic hydroxyl groups is 1. The third kappa shape index (κ3) is 5.01. The second-order valence-electron chi connectivity index (χ2n) is 9.56. The van der Waals surface area contributed by atoms with Crippen LogP contribution in [0.3, 0.4) is 0 Å². The molecule has 0 saturated heterocycles. The molecule has 6 heteroatoms. The van der Waals surface area contributed by atoms with Crippen molar-refractivity contribution in [1.82, 2.24) is 14.3 Å². The molecule has 0 aliphatic heterocycles. The van der Waals surface area contributed by atoms with Crippen LogP contribution < -0.4 is 4.74 Å². The van der Waals surface area contributed by atoms with Gasteiger partial charge in [0.1, 0.15) is 5.60 Å². The highest BCUT2D eigenvalue weighted by Gasteiger charge is 2.43. The number of hydrogen-bond donors (Lipinski definition) is 1. The zero-order valence-corrected chi connectivity index (χ0v) is 22.2. The Labute approximate surface area is 222 Å². The number of fused-ring (bicyclic) bond motifs is 1. The molecule has 0 aliphatic carbocycles. The molecule has 0 saturated carbocycles. The van der Waals surface area contributed by atoms with E-state index in [4.69, 9.17) is 4.74 Å². The number of hydrogen-bond acceptors (Lipinski definition) is 6. The summed E-state index contributed by atoms with van der Waals surface area (Å²) in [4.78, 5) is 6.80. The highest BCUT2D eigenvalue weighted by molar-refractivity contribution is 7.03. The first kappa shape index (κ1) is 25.1. The van der Waals surface area contributed by atoms with Crippen LogP contribution >= 0.6 is 11.5 Å². The Morgan fingerprint density at radius 2 is 1.73 bits per heavy atom. The average molecular weight is 510 g/mol. The zero-order valence-electron chi connectivity index (χ0n) is 21.3. The molecule has 37 heavy (non-hydrogen) atoms. The summed E-state index contributed by atoms with van der Waals surface area (Å²) in [7, 11) is 5.70. The summed E-state index contributed by atoms with van der Waals surface area (Å²) >= 11 is 1.41. The summed E-state index contributed by atoms with van der Waals surface area (Å²) < 4.78 is 10.3. The molecule has 2 atom stereocenters. The van der Waals surface area contributed by atoms with Crippen LogP contribution in [0.15, 0.2) is 96.5 Å². The average Bonchev–Trinajstić information content (AvgIpc) is 3.47. The molecule has 188 valence electrons. The highest BCUT2D eigenvalue weighted by atomic mass is 32.1. The third-order valence-corrected chi connectivity index (χ3v) is 7.48. The first-order chi connectivity index (χ1) is 18.0. The summed E-state index contributed by atoms with van der Waals surface area (Å²) in [6.45, 7) is 0.699. The first-order valence-electron chi connectivity index (χ1n) is 12.4. The molecule has 5 rings (SSSR count). The third-order valence-electron chi connectivity index (χ3n) is 6.92. The molecule has 0 fully saturated rings. The number of methoxy groups -OCH3 is 1. The minimum Gasteiger partial charge on any atom is -0.481 e. The maximum absolute atomic E-state index is 13.0. The lowest BCUT2D eigenvalue weighted by molar-refractivity contribution is 0.00517. The van der Waals surface area contributed by atoms with Crippen molar-refractivity contribution >= 4 is 22.3 Å². The molecule has 2 heterocycles. The standard InChI is InChI=1S/C31H31N3O2S/c1-34(2)18-17-31(35,27-15-9-13-22-10-7-8-14-25(22)27)29(23-11-5-4-6-12-23)26-20-24(21-32-30(26)36-3)28-16-19-37-33-28/h4-16,19-21,29,35H,17-18H2,1-3H3. The van der Waals surface area contributed by atoms with Gasteiger partial charge >= 0.3 is 0 Å². The van der Waals surface area contributed by atoms with Gasteiger partial charge in [0, 0.05) is 35.2 Å². The van der Waals surface area contributed by atoms with Crippen molar-refractivity contribution in [2.45, 2.75) is 17.9 Å². The van der Waals surface area contributed by atoms with E-state index in [1.54, 1.807) is 13.3 Å². The first-order valence-corrected chi connectivity index (χ1v) is 13.2. The van der Waals surface area contributed by atoms with Gasteiger partial charge in [-0.25, -0.2) is 4.98 Å². The molecular formula is C31H31N3O2S. The monoisotopic (exact) mass is 509 g/mol. The van der Waals surface area contributed by atoms with Crippen molar-refractivity contribution in [3.8, 4) is 17.1 Å². The Kier molecular flexibility index (Phi) is 7.33. The van der Waals surface area contributed by atoms with Gasteiger partial charge in [-0.15, -0.1) is 0 Å². The van der Waals surface area contributed by atoms with Crippen molar-refractivity contribution in [2.75, 3.05) is 27.7 Å². The molecule has 0 aliphatic rings. The Morgan fingerprint density at radius 3 is 2.46 bits per heavy atom. The molecule has 5 nitrogen and oxygen atoms in total. The van der Waals surface area contributed by atoms with Crippen molar-refractivity contribution in [2.24, 2.45) is 0 Å². The number of pyridine rings is 1. The lowest BCUT2D eigenvalue weighted by atomic mass is 9.70. The van der Waals surface area contributed by atoms with Crippen LogP contribution in [0, 0.1) is 0 Å². The van der Waals surface area contributed by atoms with Crippen LogP contribution in [-0.4, -0.2) is 47.1 Å². The van der Waals surface area contributed by atoms with Gasteiger partial charge in [-0.1, -0.05) is 72.8 Å². The fourth-order valence-corrected chi connectivity index (χ4v) is 5.67. The van der Waals surface area contributed by atoms with Gasteiger partial charge < -0.3 is 14.7 Å². The van der Waals surface area contributed by atoms with Gasteiger partial charge in [0.2, 0.25) is 5.88 Å². The van der Waals surface area contributed by atoms with Gasteiger partial charge in [-0.2, -0.15) is 4.37 Å². The van der Waals surface area contributed by atoms with Crippen LogP contribution in [0.4, 0.5) is 0 Å². The van der Waals surface area contributed by atoms with E-state index in [1.807, 2.05) is 61.9 Å². The van der Waals surface area contributed by atoms with E-state index in [-0.39, 0.29) is 0 Å². The molecular weight excluding hydrogens is 478 g/mol. The number of ether oxygens (including phenoxy) is 1. The smallest absolute Gasteiger partial charge is 0.217 e. The quantitative estimate of drug-likeness (QED) is 0.251. The van der Waals surface area contributed by atoms with E-state index in [0.29, 0.717) is 18.8 Å². The van der Waals surface area contributed by atoms with Crippen molar-refractivity contribution in [3.05, 3.63) is 113 Å². The molecule has 0 spiro atoms. The Hall–Kier alpha value is -3.58. The molecule has 0 amide bonds. The van der Waals surface area contributed by atoms with Crippen molar-refractivity contribution in [1.29, 1.82) is 0 Å². The number of aromatic nitrogens is 2. The predicted octanol–water partition coefficient (Wildman–Crippen LogP) is 6.34. The molecule has 5 aromatic rings. The largest absolute Gasteiger partial charge is 0.481 e. The SMILES string of the molecule is COc1ncc(-c2ccsn2)cc1C(c1ccccc1)C(O)(CCN(C)C)c1cccc2ccccc12. The molecule has 1 N–H and O–H groups in total. The second-order valence-corrected chi connectivity index (χ2v) is 10.2. The highest BCUT2D eigenvalue weighted by Crippen LogP contribution is 2.48. The van der Waals surface area contributed by atoms with Gasteiger partial charge in [0.05, 0.1) is 12.8 Å². The maximum Gasteiger partial charge on any atom is 0.217 e. The number of nitrogens with zero attached hydrogens (tertiary/aromatic N) is 3. The van der Waals surface area contributed by atoms with Crippen LogP contribution in [0.2, 0.25) is 0 Å². The summed E-state index contributed by atoms with van der Waals surface area (Å²) in [6, 6.07) is 28.7. The molecule has 0 bridgehead atoms. The topological polar surface area (TPSA) is 58.5 Å². The van der Waals surface area contributed by atoms with Crippen molar-refractivity contribution < 1.29 is 9.84 Å². The second kappa shape index (κ2) is 10.8.